The lowest BCUT2D eigenvalue weighted by molar-refractivity contribution is 0.296. The van der Waals surface area contributed by atoms with Crippen LogP contribution in [-0.4, -0.2) is 0 Å². The molecule has 2 nitrogen and oxygen atoms in total. The second-order valence-electron chi connectivity index (χ2n) is 3.81. The summed E-state index contributed by atoms with van der Waals surface area (Å²) in [7, 11) is 0. The average Bonchev–Trinajstić information content (AvgIpc) is 2.33. The summed E-state index contributed by atoms with van der Waals surface area (Å²) in [5.41, 5.74) is 5.72. The van der Waals surface area contributed by atoms with Crippen molar-refractivity contribution < 1.29 is 17.9 Å². The minimum absolute atomic E-state index is 0.0515. The monoisotopic (exact) mass is 331 g/mol. The van der Waals surface area contributed by atoms with Crippen LogP contribution in [0, 0.1) is 17.5 Å². The lowest BCUT2D eigenvalue weighted by Gasteiger charge is -2.11. The molecule has 0 aliphatic heterocycles. The first-order valence-electron chi connectivity index (χ1n) is 5.29. The molecule has 0 aliphatic carbocycles. The Morgan fingerprint density at radius 3 is 2.58 bits per heavy atom. The molecular weight excluding hydrogens is 323 g/mol. The number of nitrogens with two attached hydrogens (primary N) is 1. The predicted octanol–water partition coefficient (Wildman–Crippen LogP) is 4.03. The Morgan fingerprint density at radius 2 is 1.89 bits per heavy atom. The molecule has 2 rings (SSSR count). The molecule has 0 radical (unpaired) electrons. The minimum atomic E-state index is -0.973. The van der Waals surface area contributed by atoms with Crippen molar-refractivity contribution in [3.05, 3.63) is 57.8 Å². The number of rotatable bonds is 3. The van der Waals surface area contributed by atoms with E-state index < -0.39 is 17.5 Å². The zero-order valence-electron chi connectivity index (χ0n) is 9.59. The van der Waals surface area contributed by atoms with Crippen LogP contribution < -0.4 is 10.5 Å². The van der Waals surface area contributed by atoms with E-state index in [9.17, 15) is 13.2 Å². The Morgan fingerprint density at radius 1 is 1.16 bits per heavy atom. The molecule has 0 spiro atoms. The highest BCUT2D eigenvalue weighted by molar-refractivity contribution is 9.10. The number of anilines is 1. The molecule has 0 amide bonds. The van der Waals surface area contributed by atoms with Crippen molar-refractivity contribution in [2.75, 3.05) is 5.73 Å². The molecule has 6 heteroatoms. The highest BCUT2D eigenvalue weighted by Gasteiger charge is 2.12. The van der Waals surface area contributed by atoms with Crippen LogP contribution in [0.25, 0.3) is 0 Å². The summed E-state index contributed by atoms with van der Waals surface area (Å²) in [6, 6.07) is 6.04. The summed E-state index contributed by atoms with van der Waals surface area (Å²) >= 11 is 3.09. The van der Waals surface area contributed by atoms with Gasteiger partial charge in [-0.3, -0.25) is 0 Å². The van der Waals surface area contributed by atoms with Crippen LogP contribution in [0.5, 0.6) is 5.75 Å². The third-order valence-corrected chi connectivity index (χ3v) is 3.03. The van der Waals surface area contributed by atoms with Crippen molar-refractivity contribution >= 4 is 21.6 Å². The van der Waals surface area contributed by atoms with Gasteiger partial charge in [-0.2, -0.15) is 0 Å². The van der Waals surface area contributed by atoms with Gasteiger partial charge >= 0.3 is 0 Å². The lowest BCUT2D eigenvalue weighted by Crippen LogP contribution is -2.03. The van der Waals surface area contributed by atoms with Crippen LogP contribution in [0.2, 0.25) is 0 Å². The fourth-order valence-corrected chi connectivity index (χ4v) is 2.10. The van der Waals surface area contributed by atoms with Crippen molar-refractivity contribution in [1.82, 2.24) is 0 Å². The number of nitrogen functional groups attached to an aromatic ring is 1. The predicted molar refractivity (Wildman–Crippen MR) is 69.2 cm³/mol. The maximum Gasteiger partial charge on any atom is 0.165 e. The fraction of sp³-hybridized carbons (Fsp3) is 0.0769. The van der Waals surface area contributed by atoms with E-state index >= 15 is 0 Å². The number of benzene rings is 2. The van der Waals surface area contributed by atoms with Gasteiger partial charge in [0, 0.05) is 11.6 Å². The van der Waals surface area contributed by atoms with Gasteiger partial charge in [-0.15, -0.1) is 0 Å². The molecule has 0 unspecified atom stereocenters. The van der Waals surface area contributed by atoms with Crippen molar-refractivity contribution in [3.63, 3.8) is 0 Å². The van der Waals surface area contributed by atoms with Crippen LogP contribution in [0.1, 0.15) is 5.56 Å². The first-order chi connectivity index (χ1) is 8.99. The summed E-state index contributed by atoms with van der Waals surface area (Å²) in [5, 5.41) is 0. The molecule has 2 aromatic carbocycles. The van der Waals surface area contributed by atoms with Crippen LogP contribution >= 0.6 is 15.9 Å². The number of halogens is 4. The summed E-state index contributed by atoms with van der Waals surface area (Å²) in [5.74, 6) is -2.26. The van der Waals surface area contributed by atoms with Crippen LogP contribution in [0.4, 0.5) is 18.9 Å². The van der Waals surface area contributed by atoms with Crippen molar-refractivity contribution in [2.45, 2.75) is 6.61 Å². The Bertz CT molecular complexity index is 596. The zero-order valence-corrected chi connectivity index (χ0v) is 11.2. The van der Waals surface area contributed by atoms with Crippen LogP contribution in [0.3, 0.4) is 0 Å². The Labute approximate surface area is 116 Å². The van der Waals surface area contributed by atoms with E-state index in [0.29, 0.717) is 4.47 Å². The van der Waals surface area contributed by atoms with E-state index in [4.69, 9.17) is 10.5 Å². The topological polar surface area (TPSA) is 35.2 Å². The van der Waals surface area contributed by atoms with E-state index in [1.54, 1.807) is 0 Å². The first-order valence-corrected chi connectivity index (χ1v) is 6.08. The molecule has 2 N–H and O–H groups in total. The number of ether oxygens (including phenoxy) is 1. The molecule has 0 fully saturated rings. The largest absolute Gasteiger partial charge is 0.485 e. The van der Waals surface area contributed by atoms with E-state index in [0.717, 1.165) is 12.1 Å². The molecule has 2 aromatic rings. The van der Waals surface area contributed by atoms with Gasteiger partial charge in [0.2, 0.25) is 0 Å². The van der Waals surface area contributed by atoms with Crippen LogP contribution in [0.15, 0.2) is 34.8 Å². The lowest BCUT2D eigenvalue weighted by atomic mass is 10.2. The molecule has 100 valence electrons. The molecule has 0 aliphatic rings. The minimum Gasteiger partial charge on any atom is -0.485 e. The molecular formula is C13H9BrF3NO. The summed E-state index contributed by atoms with van der Waals surface area (Å²) in [6.07, 6.45) is 0. The van der Waals surface area contributed by atoms with E-state index in [1.807, 2.05) is 0 Å². The van der Waals surface area contributed by atoms with Gasteiger partial charge in [0.15, 0.2) is 17.4 Å². The molecule has 0 atom stereocenters. The van der Waals surface area contributed by atoms with Gasteiger partial charge in [0.05, 0.1) is 10.2 Å². The average molecular weight is 332 g/mol. The molecule has 0 saturated heterocycles. The van der Waals surface area contributed by atoms with Crippen molar-refractivity contribution in [3.8, 4) is 5.75 Å². The molecule has 0 heterocycles. The molecule has 0 saturated carbocycles. The van der Waals surface area contributed by atoms with Gasteiger partial charge in [-0.05, 0) is 28.1 Å². The number of hydrogen-bond donors (Lipinski definition) is 1. The second kappa shape index (κ2) is 5.52. The third-order valence-electron chi connectivity index (χ3n) is 2.44. The van der Waals surface area contributed by atoms with E-state index in [2.05, 4.69) is 15.9 Å². The molecule has 0 aromatic heterocycles. The first kappa shape index (κ1) is 13.7. The van der Waals surface area contributed by atoms with Gasteiger partial charge in [0.1, 0.15) is 12.4 Å². The van der Waals surface area contributed by atoms with Crippen molar-refractivity contribution in [2.24, 2.45) is 0 Å². The Hall–Kier alpha value is -1.69. The van der Waals surface area contributed by atoms with E-state index in [1.165, 1.54) is 18.2 Å². The second-order valence-corrected chi connectivity index (χ2v) is 4.66. The highest BCUT2D eigenvalue weighted by atomic mass is 79.9. The SMILES string of the molecule is Nc1cc(F)cc(Br)c1OCc1cccc(F)c1F. The Balaban J connectivity index is 2.22. The quantitative estimate of drug-likeness (QED) is 0.862. The maximum atomic E-state index is 13.4. The summed E-state index contributed by atoms with van der Waals surface area (Å²) < 4.78 is 45.0. The highest BCUT2D eigenvalue weighted by Crippen LogP contribution is 2.33. The standard InChI is InChI=1S/C13H9BrF3NO/c14-9-4-8(15)5-11(18)13(9)19-6-7-2-1-3-10(16)12(7)17/h1-5H,6,18H2. The summed E-state index contributed by atoms with van der Waals surface area (Å²) in [6.45, 7) is -0.210. The smallest absolute Gasteiger partial charge is 0.165 e. The van der Waals surface area contributed by atoms with Crippen molar-refractivity contribution in [1.29, 1.82) is 0 Å². The zero-order chi connectivity index (χ0) is 14.0. The molecule has 0 bridgehead atoms. The fourth-order valence-electron chi connectivity index (χ4n) is 1.54. The van der Waals surface area contributed by atoms with Gasteiger partial charge in [-0.25, -0.2) is 13.2 Å². The van der Waals surface area contributed by atoms with Gasteiger partial charge < -0.3 is 10.5 Å². The maximum absolute atomic E-state index is 13.4. The van der Waals surface area contributed by atoms with Crippen LogP contribution in [-0.2, 0) is 6.61 Å². The van der Waals surface area contributed by atoms with Gasteiger partial charge in [-0.1, -0.05) is 12.1 Å². The number of hydrogen-bond acceptors (Lipinski definition) is 2. The normalized spacial score (nSPS) is 10.5. The third kappa shape index (κ3) is 3.01. The summed E-state index contributed by atoms with van der Waals surface area (Å²) in [4.78, 5) is 0. The van der Waals surface area contributed by atoms with E-state index in [-0.39, 0.29) is 23.6 Å². The Kier molecular flexibility index (Phi) is 3.99. The van der Waals surface area contributed by atoms with Gasteiger partial charge in [0.25, 0.3) is 0 Å². The molecule has 19 heavy (non-hydrogen) atoms.